The molecule has 0 aliphatic carbocycles. The van der Waals surface area contributed by atoms with Crippen LogP contribution in [-0.2, 0) is 22.4 Å². The third kappa shape index (κ3) is 4.19. The Bertz CT molecular complexity index is 1170. The molecule has 0 saturated heterocycles. The topological polar surface area (TPSA) is 60.2 Å². The van der Waals surface area contributed by atoms with Crippen molar-refractivity contribution in [2.45, 2.75) is 17.2 Å². The minimum Gasteiger partial charge on any atom is -0.225 e. The van der Waals surface area contributed by atoms with Gasteiger partial charge >= 0.3 is 12.4 Å². The first-order valence-electron chi connectivity index (χ1n) is 8.31. The van der Waals surface area contributed by atoms with Crippen molar-refractivity contribution in [2.75, 3.05) is 0 Å². The Balaban J connectivity index is 2.68. The second-order valence-electron chi connectivity index (χ2n) is 6.32. The minimum atomic E-state index is -5.48. The van der Waals surface area contributed by atoms with E-state index in [0.29, 0.717) is 0 Å². The molecular formula is C20H13F6NO2S. The van der Waals surface area contributed by atoms with Gasteiger partial charge in [-0.2, -0.15) is 26.3 Å². The van der Waals surface area contributed by atoms with E-state index in [0.717, 1.165) is 0 Å². The quantitative estimate of drug-likeness (QED) is 0.526. The lowest BCUT2D eigenvalue weighted by Gasteiger charge is -2.24. The van der Waals surface area contributed by atoms with Gasteiger partial charge in [0.05, 0.1) is 16.0 Å². The molecule has 0 aromatic heterocycles. The molecule has 3 nitrogen and oxygen atoms in total. The van der Waals surface area contributed by atoms with Gasteiger partial charge in [-0.3, -0.25) is 0 Å². The first-order valence-corrected chi connectivity index (χ1v) is 9.85. The van der Waals surface area contributed by atoms with Gasteiger partial charge < -0.3 is 0 Å². The summed E-state index contributed by atoms with van der Waals surface area (Å²) < 4.78 is 107. The highest BCUT2D eigenvalue weighted by Gasteiger charge is 2.47. The first kappa shape index (κ1) is 21.8. The molecular weight excluding hydrogens is 432 g/mol. The number of hydrogen-bond acceptors (Lipinski definition) is 2. The summed E-state index contributed by atoms with van der Waals surface area (Å²) in [6.45, 7) is 0. The zero-order chi connectivity index (χ0) is 22.3. The fourth-order valence-electron chi connectivity index (χ4n) is 3.19. The predicted octanol–water partition coefficient (Wildman–Crippen LogP) is 5.71. The van der Waals surface area contributed by atoms with Crippen LogP contribution in [0.2, 0.25) is 0 Å². The van der Waals surface area contributed by atoms with Gasteiger partial charge in [-0.15, -0.1) is 0 Å². The highest BCUT2D eigenvalue weighted by Crippen LogP contribution is 2.50. The van der Waals surface area contributed by atoms with Gasteiger partial charge in [0.15, 0.2) is 0 Å². The lowest BCUT2D eigenvalue weighted by molar-refractivity contribution is -0.161. The summed E-state index contributed by atoms with van der Waals surface area (Å²) in [5, 5.41) is 5.14. The highest BCUT2D eigenvalue weighted by atomic mass is 32.2. The number of sulfonamides is 1. The SMILES string of the molecule is NS(=O)(=O)c1cc(C(F)(F)F)c(C(F)(F)F)c(-c2ccccc2)c1-c1ccccc1. The van der Waals surface area contributed by atoms with E-state index in [1.165, 1.54) is 60.7 Å². The van der Waals surface area contributed by atoms with E-state index in [2.05, 4.69) is 0 Å². The maximum atomic E-state index is 14.0. The first-order chi connectivity index (χ1) is 13.8. The molecule has 10 heteroatoms. The average molecular weight is 445 g/mol. The molecule has 0 heterocycles. The molecule has 30 heavy (non-hydrogen) atoms. The third-order valence-corrected chi connectivity index (χ3v) is 5.25. The molecule has 0 saturated carbocycles. The van der Waals surface area contributed by atoms with Gasteiger partial charge in [-0.25, -0.2) is 13.6 Å². The number of primary sulfonamides is 1. The Hall–Kier alpha value is -2.85. The zero-order valence-electron chi connectivity index (χ0n) is 14.9. The van der Waals surface area contributed by atoms with Gasteiger partial charge in [0.1, 0.15) is 0 Å². The fourth-order valence-corrected chi connectivity index (χ4v) is 3.97. The maximum absolute atomic E-state index is 14.0. The van der Waals surface area contributed by atoms with Crippen molar-refractivity contribution in [1.29, 1.82) is 0 Å². The second kappa shape index (κ2) is 7.44. The van der Waals surface area contributed by atoms with Crippen LogP contribution in [0.5, 0.6) is 0 Å². The largest absolute Gasteiger partial charge is 0.417 e. The molecule has 3 aromatic rings. The fraction of sp³-hybridized carbons (Fsp3) is 0.100. The minimum absolute atomic E-state index is 0.0281. The molecule has 0 bridgehead atoms. The van der Waals surface area contributed by atoms with E-state index < -0.39 is 49.5 Å². The molecule has 0 unspecified atom stereocenters. The molecule has 158 valence electrons. The Labute approximate surface area is 167 Å². The smallest absolute Gasteiger partial charge is 0.225 e. The summed E-state index contributed by atoms with van der Waals surface area (Å²) in [7, 11) is -4.82. The molecule has 0 spiro atoms. The molecule has 0 aliphatic rings. The molecule has 2 N–H and O–H groups in total. The van der Waals surface area contributed by atoms with Crippen LogP contribution < -0.4 is 5.14 Å². The van der Waals surface area contributed by atoms with Crippen molar-refractivity contribution in [3.8, 4) is 22.3 Å². The van der Waals surface area contributed by atoms with Gasteiger partial charge in [-0.1, -0.05) is 60.7 Å². The normalized spacial score (nSPS) is 12.8. The van der Waals surface area contributed by atoms with Crippen molar-refractivity contribution < 1.29 is 34.8 Å². The summed E-state index contributed by atoms with van der Waals surface area (Å²) >= 11 is 0. The van der Waals surface area contributed by atoms with Crippen LogP contribution in [0.15, 0.2) is 71.6 Å². The maximum Gasteiger partial charge on any atom is 0.417 e. The summed E-state index contributed by atoms with van der Waals surface area (Å²) in [6, 6.07) is 13.4. The van der Waals surface area contributed by atoms with Crippen molar-refractivity contribution in [2.24, 2.45) is 5.14 Å². The number of halogens is 6. The van der Waals surface area contributed by atoms with Crippen LogP contribution in [-0.4, -0.2) is 8.42 Å². The molecule has 0 radical (unpaired) electrons. The number of hydrogen-bond donors (Lipinski definition) is 1. The number of nitrogens with two attached hydrogens (primary N) is 1. The van der Waals surface area contributed by atoms with Crippen molar-refractivity contribution >= 4 is 10.0 Å². The summed E-state index contributed by atoms with van der Waals surface area (Å²) in [5.41, 5.74) is -5.83. The number of benzene rings is 3. The second-order valence-corrected chi connectivity index (χ2v) is 7.85. The van der Waals surface area contributed by atoms with Crippen LogP contribution in [0.25, 0.3) is 22.3 Å². The Kier molecular flexibility index (Phi) is 5.42. The molecule has 3 aromatic carbocycles. The number of alkyl halides is 6. The van der Waals surface area contributed by atoms with Crippen molar-refractivity contribution in [3.05, 3.63) is 77.9 Å². The van der Waals surface area contributed by atoms with Crippen LogP contribution in [0.4, 0.5) is 26.3 Å². The standard InChI is InChI=1S/C20H13F6NO2S/c21-19(22,23)14-11-15(30(27,28)29)16(12-7-3-1-4-8-12)17(18(14)20(24,25)26)13-9-5-2-6-10-13/h1-11H,(H2,27,28,29). The average Bonchev–Trinajstić information content (AvgIpc) is 2.65. The van der Waals surface area contributed by atoms with E-state index in [-0.39, 0.29) is 17.2 Å². The molecule has 3 rings (SSSR count). The highest BCUT2D eigenvalue weighted by molar-refractivity contribution is 7.89. The molecule has 0 amide bonds. The van der Waals surface area contributed by atoms with Gasteiger partial charge in [0.25, 0.3) is 0 Å². The Morgan fingerprint density at radius 2 is 1.10 bits per heavy atom. The summed E-state index contributed by atoms with van der Waals surface area (Å²) in [6.07, 6.45) is -10.9. The molecule has 0 fully saturated rings. The lowest BCUT2D eigenvalue weighted by Crippen LogP contribution is -2.22. The third-order valence-electron chi connectivity index (χ3n) is 4.31. The Morgan fingerprint density at radius 3 is 1.47 bits per heavy atom. The Morgan fingerprint density at radius 1 is 0.667 bits per heavy atom. The van der Waals surface area contributed by atoms with Gasteiger partial charge in [0.2, 0.25) is 10.0 Å². The predicted molar refractivity (Wildman–Crippen MR) is 98.7 cm³/mol. The van der Waals surface area contributed by atoms with Crippen LogP contribution in [0.1, 0.15) is 11.1 Å². The van der Waals surface area contributed by atoms with Crippen molar-refractivity contribution in [1.82, 2.24) is 0 Å². The summed E-state index contributed by atoms with van der Waals surface area (Å²) in [4.78, 5) is -1.05. The monoisotopic (exact) mass is 445 g/mol. The van der Waals surface area contributed by atoms with Crippen molar-refractivity contribution in [3.63, 3.8) is 0 Å². The summed E-state index contributed by atoms with van der Waals surface area (Å²) in [5.74, 6) is 0. The van der Waals surface area contributed by atoms with E-state index in [4.69, 9.17) is 5.14 Å². The lowest BCUT2D eigenvalue weighted by atomic mass is 9.87. The van der Waals surface area contributed by atoms with E-state index >= 15 is 0 Å². The van der Waals surface area contributed by atoms with E-state index in [9.17, 15) is 34.8 Å². The van der Waals surface area contributed by atoms with Crippen LogP contribution in [0.3, 0.4) is 0 Å². The van der Waals surface area contributed by atoms with Crippen LogP contribution in [0, 0.1) is 0 Å². The van der Waals surface area contributed by atoms with Crippen LogP contribution >= 0.6 is 0 Å². The molecule has 0 aliphatic heterocycles. The molecule has 0 atom stereocenters. The van der Waals surface area contributed by atoms with E-state index in [1.54, 1.807) is 0 Å². The number of rotatable bonds is 3. The van der Waals surface area contributed by atoms with E-state index in [1.807, 2.05) is 0 Å². The zero-order valence-corrected chi connectivity index (χ0v) is 15.7. The van der Waals surface area contributed by atoms with Gasteiger partial charge in [0, 0.05) is 11.1 Å². The van der Waals surface area contributed by atoms with Gasteiger partial charge in [-0.05, 0) is 17.2 Å².